The summed E-state index contributed by atoms with van der Waals surface area (Å²) in [5.41, 5.74) is 1.08. The van der Waals surface area contributed by atoms with Gasteiger partial charge < -0.3 is 9.84 Å². The molecule has 2 atom stereocenters. The van der Waals surface area contributed by atoms with Gasteiger partial charge in [0, 0.05) is 18.4 Å². The molecule has 1 N–H and O–H groups in total. The van der Waals surface area contributed by atoms with Crippen molar-refractivity contribution in [3.05, 3.63) is 22.3 Å². The molecule has 0 radical (unpaired) electrons. The van der Waals surface area contributed by atoms with Crippen LogP contribution in [0.2, 0.25) is 0 Å². The van der Waals surface area contributed by atoms with Gasteiger partial charge in [-0.2, -0.15) is 0 Å². The molecule has 0 aromatic rings. The molecule has 0 aromatic heterocycles. The Hall–Kier alpha value is -2.08. The highest BCUT2D eigenvalue weighted by atomic mass is 16.5. The summed E-state index contributed by atoms with van der Waals surface area (Å²) in [6, 6.07) is 0. The zero-order chi connectivity index (χ0) is 15.9. The van der Waals surface area contributed by atoms with Crippen LogP contribution in [0, 0.1) is 0 Å². The zero-order valence-corrected chi connectivity index (χ0v) is 12.1. The first kappa shape index (κ1) is 15.3. The van der Waals surface area contributed by atoms with Gasteiger partial charge in [-0.25, -0.2) is 4.79 Å². The third-order valence-electron chi connectivity index (χ3n) is 3.62. The molecule has 2 heterocycles. The number of ether oxygens (including phenoxy) is 1. The molecule has 0 aromatic carbocycles. The minimum absolute atomic E-state index is 0.0335. The van der Waals surface area contributed by atoms with Crippen LogP contribution < -0.4 is 0 Å². The predicted molar refractivity (Wildman–Crippen MR) is 71.6 cm³/mol. The lowest BCUT2D eigenvalue weighted by atomic mass is 9.81. The molecule has 21 heavy (non-hydrogen) atoms. The van der Waals surface area contributed by atoms with Crippen molar-refractivity contribution in [2.45, 2.75) is 45.8 Å². The van der Waals surface area contributed by atoms with Crippen LogP contribution in [0.4, 0.5) is 0 Å². The lowest BCUT2D eigenvalue weighted by Crippen LogP contribution is -2.24. The maximum Gasteiger partial charge on any atom is 0.335 e. The summed E-state index contributed by atoms with van der Waals surface area (Å²) >= 11 is 0. The molecule has 2 rings (SSSR count). The third kappa shape index (κ3) is 2.58. The van der Waals surface area contributed by atoms with Crippen LogP contribution in [0.1, 0.15) is 33.6 Å². The normalized spacial score (nSPS) is 23.8. The van der Waals surface area contributed by atoms with E-state index in [0.717, 1.165) is 0 Å². The van der Waals surface area contributed by atoms with E-state index in [4.69, 9.17) is 4.74 Å². The van der Waals surface area contributed by atoms with Gasteiger partial charge in [0.05, 0.1) is 5.57 Å². The fourth-order valence-corrected chi connectivity index (χ4v) is 2.95. The topological polar surface area (TPSA) is 97.7 Å². The van der Waals surface area contributed by atoms with E-state index >= 15 is 0 Å². The molecule has 6 nitrogen and oxygen atoms in total. The molecular weight excluding hydrogens is 276 g/mol. The molecule has 0 saturated carbocycles. The van der Waals surface area contributed by atoms with E-state index in [-0.39, 0.29) is 41.3 Å². The highest BCUT2D eigenvalue weighted by Gasteiger charge is 2.50. The van der Waals surface area contributed by atoms with E-state index in [0.29, 0.717) is 11.1 Å². The van der Waals surface area contributed by atoms with Crippen LogP contribution in [0.5, 0.6) is 0 Å². The van der Waals surface area contributed by atoms with Crippen molar-refractivity contribution in [2.24, 2.45) is 0 Å². The number of carbonyl (C=O) groups is 4. The standard InChI is InChI=1S/C15H16O6/c1-6(16)4-9-10(5-7(2)17)14-12(15(19)20)11(8(3)18)13(9)21-14/h13-14H,4-5H2,1-3H3,(H,19,20). The van der Waals surface area contributed by atoms with Gasteiger partial charge in [-0.15, -0.1) is 0 Å². The maximum atomic E-state index is 11.7. The number of Topliss-reactive ketones (excluding diaryl/α,β-unsaturated/α-hetero) is 3. The Balaban J connectivity index is 2.52. The first-order valence-corrected chi connectivity index (χ1v) is 6.58. The molecule has 2 unspecified atom stereocenters. The number of carbonyl (C=O) groups excluding carboxylic acids is 3. The Kier molecular flexibility index (Phi) is 3.91. The number of carboxylic acids is 1. The SMILES string of the molecule is CC(=O)CC1=C(CC(C)=O)C2OC1C(C(C)=O)=C2C(=O)O. The molecule has 0 aliphatic carbocycles. The first-order chi connectivity index (χ1) is 9.73. The Morgan fingerprint density at radius 3 is 1.67 bits per heavy atom. The summed E-state index contributed by atoms with van der Waals surface area (Å²) in [4.78, 5) is 45.9. The molecule has 2 bridgehead atoms. The second-order valence-electron chi connectivity index (χ2n) is 5.39. The fraction of sp³-hybridized carbons (Fsp3) is 0.467. The van der Waals surface area contributed by atoms with Crippen LogP contribution in [-0.4, -0.2) is 40.6 Å². The van der Waals surface area contributed by atoms with Gasteiger partial charge in [-0.3, -0.25) is 14.4 Å². The highest BCUT2D eigenvalue weighted by Crippen LogP contribution is 2.46. The fourth-order valence-electron chi connectivity index (χ4n) is 2.95. The predicted octanol–water partition coefficient (Wildman–Crippen LogP) is 0.992. The minimum atomic E-state index is -1.23. The molecule has 6 heteroatoms. The molecule has 0 saturated heterocycles. The summed E-state index contributed by atoms with van der Waals surface area (Å²) < 4.78 is 5.59. The summed E-state index contributed by atoms with van der Waals surface area (Å²) in [7, 11) is 0. The van der Waals surface area contributed by atoms with Crippen molar-refractivity contribution >= 4 is 23.3 Å². The molecule has 2 aliphatic rings. The largest absolute Gasteiger partial charge is 0.478 e. The summed E-state index contributed by atoms with van der Waals surface area (Å²) in [6.45, 7) is 4.07. The lowest BCUT2D eigenvalue weighted by molar-refractivity contribution is -0.133. The van der Waals surface area contributed by atoms with E-state index in [1.54, 1.807) is 0 Å². The minimum Gasteiger partial charge on any atom is -0.478 e. The quantitative estimate of drug-likeness (QED) is 0.733. The Morgan fingerprint density at radius 2 is 1.33 bits per heavy atom. The van der Waals surface area contributed by atoms with Crippen molar-refractivity contribution < 1.29 is 29.0 Å². The molecule has 0 fully saturated rings. The Morgan fingerprint density at radius 1 is 0.905 bits per heavy atom. The summed E-state index contributed by atoms with van der Waals surface area (Å²) in [5.74, 6) is -1.88. The number of rotatable bonds is 6. The van der Waals surface area contributed by atoms with Crippen molar-refractivity contribution in [1.82, 2.24) is 0 Å². The van der Waals surface area contributed by atoms with Crippen LogP contribution in [-0.2, 0) is 23.9 Å². The smallest absolute Gasteiger partial charge is 0.335 e. The Bertz CT molecular complexity index is 570. The zero-order valence-electron chi connectivity index (χ0n) is 12.1. The van der Waals surface area contributed by atoms with Gasteiger partial charge in [-0.05, 0) is 31.9 Å². The van der Waals surface area contributed by atoms with Gasteiger partial charge in [0.25, 0.3) is 0 Å². The molecule has 0 amide bonds. The average Bonchev–Trinajstić information content (AvgIpc) is 2.85. The van der Waals surface area contributed by atoms with E-state index in [9.17, 15) is 24.3 Å². The molecule has 112 valence electrons. The number of ketones is 3. The monoisotopic (exact) mass is 292 g/mol. The van der Waals surface area contributed by atoms with E-state index in [1.807, 2.05) is 0 Å². The second kappa shape index (κ2) is 5.37. The van der Waals surface area contributed by atoms with E-state index < -0.39 is 18.2 Å². The third-order valence-corrected chi connectivity index (χ3v) is 3.62. The van der Waals surface area contributed by atoms with Gasteiger partial charge in [0.2, 0.25) is 0 Å². The molecular formula is C15H16O6. The van der Waals surface area contributed by atoms with Crippen LogP contribution in [0.15, 0.2) is 22.3 Å². The number of fused-ring (bicyclic) bond motifs is 2. The van der Waals surface area contributed by atoms with E-state index in [1.165, 1.54) is 20.8 Å². The Labute approximate surface area is 121 Å². The van der Waals surface area contributed by atoms with Crippen molar-refractivity contribution in [3.63, 3.8) is 0 Å². The van der Waals surface area contributed by atoms with Crippen molar-refractivity contribution in [2.75, 3.05) is 0 Å². The molecule has 0 spiro atoms. The number of carboxylic acid groups (broad SMARTS) is 1. The average molecular weight is 292 g/mol. The van der Waals surface area contributed by atoms with Gasteiger partial charge in [0.15, 0.2) is 5.78 Å². The number of hydrogen-bond donors (Lipinski definition) is 1. The van der Waals surface area contributed by atoms with E-state index in [2.05, 4.69) is 0 Å². The number of aliphatic carboxylic acids is 1. The lowest BCUT2D eigenvalue weighted by Gasteiger charge is -2.18. The molecule has 2 aliphatic heterocycles. The first-order valence-electron chi connectivity index (χ1n) is 6.58. The van der Waals surface area contributed by atoms with Crippen molar-refractivity contribution in [1.29, 1.82) is 0 Å². The second-order valence-corrected chi connectivity index (χ2v) is 5.39. The summed E-state index contributed by atoms with van der Waals surface area (Å²) in [6.07, 6.45) is -1.61. The van der Waals surface area contributed by atoms with Crippen LogP contribution in [0.25, 0.3) is 0 Å². The van der Waals surface area contributed by atoms with Crippen LogP contribution in [0.3, 0.4) is 0 Å². The van der Waals surface area contributed by atoms with Crippen LogP contribution >= 0.6 is 0 Å². The number of hydrogen-bond acceptors (Lipinski definition) is 5. The van der Waals surface area contributed by atoms with Crippen molar-refractivity contribution in [3.8, 4) is 0 Å². The highest BCUT2D eigenvalue weighted by molar-refractivity contribution is 6.06. The van der Waals surface area contributed by atoms with Gasteiger partial charge in [0.1, 0.15) is 23.8 Å². The summed E-state index contributed by atoms with van der Waals surface area (Å²) in [5, 5.41) is 9.31. The maximum absolute atomic E-state index is 11.7. The van der Waals surface area contributed by atoms with Gasteiger partial charge in [-0.1, -0.05) is 0 Å². The van der Waals surface area contributed by atoms with Gasteiger partial charge >= 0.3 is 5.97 Å².